The van der Waals surface area contributed by atoms with Crippen molar-refractivity contribution in [3.8, 4) is 17.2 Å². The quantitative estimate of drug-likeness (QED) is 0.769. The van der Waals surface area contributed by atoms with E-state index in [9.17, 15) is 4.79 Å². The minimum Gasteiger partial charge on any atom is -0.369 e. The van der Waals surface area contributed by atoms with Gasteiger partial charge in [-0.3, -0.25) is 4.79 Å². The molecule has 0 aromatic heterocycles. The summed E-state index contributed by atoms with van der Waals surface area (Å²) in [7, 11) is 0. The molecule has 0 radical (unpaired) electrons. The lowest BCUT2D eigenvalue weighted by atomic mass is 10.0. The van der Waals surface area contributed by atoms with Gasteiger partial charge in [0.2, 0.25) is 5.91 Å². The largest absolute Gasteiger partial charge is 0.369 e. The summed E-state index contributed by atoms with van der Waals surface area (Å²) in [4.78, 5) is 17.0. The van der Waals surface area contributed by atoms with E-state index in [1.54, 1.807) is 0 Å². The maximum Gasteiger partial charge on any atom is 0.243 e. The first-order chi connectivity index (χ1) is 14.3. The Morgan fingerprint density at radius 2 is 1.86 bits per heavy atom. The Morgan fingerprint density at radius 3 is 2.62 bits per heavy atom. The Balaban J connectivity index is 1.51. The second-order valence-electron chi connectivity index (χ2n) is 7.56. The van der Waals surface area contributed by atoms with Gasteiger partial charge in [-0.25, -0.2) is 0 Å². The smallest absolute Gasteiger partial charge is 0.243 e. The summed E-state index contributed by atoms with van der Waals surface area (Å²) in [6.07, 6.45) is 1.80. The first-order valence-electron chi connectivity index (χ1n) is 10.3. The molecule has 2 aromatic carbocycles. The lowest BCUT2D eigenvalue weighted by Gasteiger charge is -2.29. The van der Waals surface area contributed by atoms with Gasteiger partial charge in [0.25, 0.3) is 0 Å². The number of nitriles is 1. The maximum atomic E-state index is 12.4. The first-order valence-corrected chi connectivity index (χ1v) is 10.3. The van der Waals surface area contributed by atoms with Crippen molar-refractivity contribution in [2.24, 2.45) is 0 Å². The van der Waals surface area contributed by atoms with Crippen LogP contribution in [0.2, 0.25) is 0 Å². The molecule has 2 aromatic rings. The standard InChI is InChI=1S/C23H27N5O/c24-10-11-26-23(29)22-5-2-14-28(22)21-4-1-3-19(17-21)18-6-8-20(9-7-18)27-15-12-25-13-16-27/h1,3-4,6-9,17,22,25H,2,5,11-16H2,(H,26,29)/t22-/m1/s1. The Bertz CT molecular complexity index is 883. The molecule has 6 nitrogen and oxygen atoms in total. The van der Waals surface area contributed by atoms with Crippen molar-refractivity contribution < 1.29 is 4.79 Å². The number of benzene rings is 2. The molecule has 2 N–H and O–H groups in total. The van der Waals surface area contributed by atoms with Crippen molar-refractivity contribution in [3.63, 3.8) is 0 Å². The molecule has 0 unspecified atom stereocenters. The van der Waals surface area contributed by atoms with E-state index in [1.807, 2.05) is 6.07 Å². The molecule has 0 spiro atoms. The van der Waals surface area contributed by atoms with E-state index in [0.29, 0.717) is 0 Å². The fraction of sp³-hybridized carbons (Fsp3) is 0.391. The summed E-state index contributed by atoms with van der Waals surface area (Å²) >= 11 is 0. The average molecular weight is 390 g/mol. The number of carbonyl (C=O) groups excluding carboxylic acids is 1. The van der Waals surface area contributed by atoms with Crippen molar-refractivity contribution in [2.45, 2.75) is 18.9 Å². The van der Waals surface area contributed by atoms with Gasteiger partial charge < -0.3 is 20.4 Å². The van der Waals surface area contributed by atoms with Crippen molar-refractivity contribution in [2.75, 3.05) is 49.1 Å². The van der Waals surface area contributed by atoms with Gasteiger partial charge in [-0.15, -0.1) is 0 Å². The van der Waals surface area contributed by atoms with Gasteiger partial charge in [0.05, 0.1) is 6.07 Å². The summed E-state index contributed by atoms with van der Waals surface area (Å²) < 4.78 is 0. The molecule has 0 saturated carbocycles. The zero-order valence-electron chi connectivity index (χ0n) is 16.6. The zero-order chi connectivity index (χ0) is 20.1. The van der Waals surface area contributed by atoms with Crippen LogP contribution in [-0.4, -0.2) is 51.2 Å². The number of hydrogen-bond donors (Lipinski definition) is 2. The summed E-state index contributed by atoms with van der Waals surface area (Å²) in [5.41, 5.74) is 4.65. The molecule has 2 saturated heterocycles. The normalized spacial score (nSPS) is 19.1. The monoisotopic (exact) mass is 389 g/mol. The highest BCUT2D eigenvalue weighted by molar-refractivity contribution is 5.86. The van der Waals surface area contributed by atoms with Crippen LogP contribution in [0.15, 0.2) is 48.5 Å². The third kappa shape index (κ3) is 4.36. The minimum atomic E-state index is -0.200. The van der Waals surface area contributed by atoms with E-state index in [0.717, 1.165) is 56.8 Å². The molecule has 150 valence electrons. The molecule has 2 fully saturated rings. The van der Waals surface area contributed by atoms with Crippen LogP contribution in [0.3, 0.4) is 0 Å². The highest BCUT2D eigenvalue weighted by atomic mass is 16.2. The molecule has 2 aliphatic heterocycles. The van der Waals surface area contributed by atoms with E-state index >= 15 is 0 Å². The number of nitrogens with one attached hydrogen (secondary N) is 2. The number of carbonyl (C=O) groups is 1. The number of amides is 1. The van der Waals surface area contributed by atoms with Crippen LogP contribution in [0.25, 0.3) is 11.1 Å². The second kappa shape index (κ2) is 8.97. The topological polar surface area (TPSA) is 71.4 Å². The van der Waals surface area contributed by atoms with Crippen LogP contribution in [-0.2, 0) is 4.79 Å². The number of hydrogen-bond acceptors (Lipinski definition) is 5. The maximum absolute atomic E-state index is 12.4. The highest BCUT2D eigenvalue weighted by Gasteiger charge is 2.30. The number of anilines is 2. The van der Waals surface area contributed by atoms with Crippen LogP contribution in [0, 0.1) is 11.3 Å². The minimum absolute atomic E-state index is 0.0582. The number of nitrogens with zero attached hydrogens (tertiary/aromatic N) is 3. The predicted molar refractivity (Wildman–Crippen MR) is 116 cm³/mol. The van der Waals surface area contributed by atoms with Crippen LogP contribution in [0.1, 0.15) is 12.8 Å². The molecular formula is C23H27N5O. The third-order valence-corrected chi connectivity index (χ3v) is 5.76. The van der Waals surface area contributed by atoms with Gasteiger partial charge in [0, 0.05) is 44.1 Å². The Kier molecular flexibility index (Phi) is 5.97. The van der Waals surface area contributed by atoms with Gasteiger partial charge in [0.1, 0.15) is 12.6 Å². The molecule has 4 rings (SSSR count). The van der Waals surface area contributed by atoms with Crippen molar-refractivity contribution >= 4 is 17.3 Å². The van der Waals surface area contributed by atoms with Gasteiger partial charge in [-0.05, 0) is 48.2 Å². The first kappa shape index (κ1) is 19.3. The molecule has 0 bridgehead atoms. The van der Waals surface area contributed by atoms with Crippen molar-refractivity contribution in [1.82, 2.24) is 10.6 Å². The molecular weight excluding hydrogens is 362 g/mol. The molecule has 6 heteroatoms. The lowest BCUT2D eigenvalue weighted by Crippen LogP contribution is -2.43. The van der Waals surface area contributed by atoms with Gasteiger partial charge in [-0.2, -0.15) is 5.26 Å². The third-order valence-electron chi connectivity index (χ3n) is 5.76. The van der Waals surface area contributed by atoms with Crippen molar-refractivity contribution in [1.29, 1.82) is 5.26 Å². The van der Waals surface area contributed by atoms with E-state index in [-0.39, 0.29) is 18.5 Å². The van der Waals surface area contributed by atoms with Crippen LogP contribution in [0.5, 0.6) is 0 Å². The van der Waals surface area contributed by atoms with Gasteiger partial charge in [0.15, 0.2) is 0 Å². The van der Waals surface area contributed by atoms with E-state index in [2.05, 4.69) is 69.0 Å². The summed E-state index contributed by atoms with van der Waals surface area (Å²) in [5, 5.41) is 14.8. The highest BCUT2D eigenvalue weighted by Crippen LogP contribution is 2.30. The Morgan fingerprint density at radius 1 is 1.07 bits per heavy atom. The average Bonchev–Trinajstić information content (AvgIpc) is 3.28. The summed E-state index contributed by atoms with van der Waals surface area (Å²) in [6, 6.07) is 18.9. The van der Waals surface area contributed by atoms with Crippen LogP contribution < -0.4 is 20.4 Å². The molecule has 1 amide bonds. The zero-order valence-corrected chi connectivity index (χ0v) is 16.6. The fourth-order valence-corrected chi connectivity index (χ4v) is 4.24. The fourth-order valence-electron chi connectivity index (χ4n) is 4.24. The molecule has 29 heavy (non-hydrogen) atoms. The van der Waals surface area contributed by atoms with Gasteiger partial charge >= 0.3 is 0 Å². The Hall–Kier alpha value is -3.04. The van der Waals surface area contributed by atoms with E-state index in [1.165, 1.54) is 11.3 Å². The SMILES string of the molecule is N#CCNC(=O)[C@H]1CCCN1c1cccc(-c2ccc(N3CCNCC3)cc2)c1. The Labute approximate surface area is 172 Å². The summed E-state index contributed by atoms with van der Waals surface area (Å²) in [6.45, 7) is 5.06. The molecule has 2 aliphatic rings. The van der Waals surface area contributed by atoms with E-state index < -0.39 is 0 Å². The number of rotatable bonds is 5. The molecule has 1 atom stereocenters. The number of piperazine rings is 1. The molecule has 2 heterocycles. The van der Waals surface area contributed by atoms with Gasteiger partial charge in [-0.1, -0.05) is 24.3 Å². The van der Waals surface area contributed by atoms with Crippen LogP contribution in [0.4, 0.5) is 11.4 Å². The summed E-state index contributed by atoms with van der Waals surface area (Å²) in [5.74, 6) is -0.0603. The predicted octanol–water partition coefficient (Wildman–Crippen LogP) is 2.37. The second-order valence-corrected chi connectivity index (χ2v) is 7.56. The van der Waals surface area contributed by atoms with Crippen LogP contribution >= 0.6 is 0 Å². The lowest BCUT2D eigenvalue weighted by molar-refractivity contribution is -0.121. The van der Waals surface area contributed by atoms with Crippen molar-refractivity contribution in [3.05, 3.63) is 48.5 Å². The van der Waals surface area contributed by atoms with E-state index in [4.69, 9.17) is 5.26 Å². The molecule has 0 aliphatic carbocycles.